The molecule has 3 heteroatoms. The summed E-state index contributed by atoms with van der Waals surface area (Å²) in [4.78, 5) is 1.21. The van der Waals surface area contributed by atoms with Crippen LogP contribution in [0.5, 0.6) is 0 Å². The van der Waals surface area contributed by atoms with Gasteiger partial charge in [-0.15, -0.1) is 11.8 Å². The van der Waals surface area contributed by atoms with E-state index in [1.54, 1.807) is 11.8 Å². The highest BCUT2D eigenvalue weighted by molar-refractivity contribution is 9.10. The van der Waals surface area contributed by atoms with Gasteiger partial charge in [-0.2, -0.15) is 0 Å². The Morgan fingerprint density at radius 3 is 2.70 bits per heavy atom. The quantitative estimate of drug-likeness (QED) is 0.669. The van der Waals surface area contributed by atoms with Crippen molar-refractivity contribution in [3.05, 3.63) is 27.7 Å². The van der Waals surface area contributed by atoms with Crippen molar-refractivity contribution in [1.82, 2.24) is 0 Å². The lowest BCUT2D eigenvalue weighted by molar-refractivity contribution is 1.41. The summed E-state index contributed by atoms with van der Waals surface area (Å²) in [6.45, 7) is 0. The van der Waals surface area contributed by atoms with Crippen LogP contribution in [0.2, 0.25) is 5.02 Å². The van der Waals surface area contributed by atoms with Crippen LogP contribution in [0.25, 0.3) is 0 Å². The predicted octanol–water partition coefficient (Wildman–Crippen LogP) is 3.82. The second-order valence-corrected chi connectivity index (χ2v) is 3.92. The second-order valence-electron chi connectivity index (χ2n) is 1.78. The fraction of sp³-hybridized carbons (Fsp3) is 0.143. The van der Waals surface area contributed by atoms with Crippen LogP contribution < -0.4 is 0 Å². The van der Waals surface area contributed by atoms with Gasteiger partial charge >= 0.3 is 0 Å². The highest BCUT2D eigenvalue weighted by atomic mass is 79.9. The van der Waals surface area contributed by atoms with Gasteiger partial charge in [0.2, 0.25) is 0 Å². The van der Waals surface area contributed by atoms with Crippen LogP contribution in [-0.2, 0) is 0 Å². The topological polar surface area (TPSA) is 0 Å². The minimum atomic E-state index is 0.768. The fourth-order valence-electron chi connectivity index (χ4n) is 0.641. The Kier molecular flexibility index (Phi) is 3.08. The Morgan fingerprint density at radius 1 is 1.50 bits per heavy atom. The number of thioether (sulfide) groups is 1. The molecule has 0 amide bonds. The number of rotatable bonds is 1. The molecule has 0 radical (unpaired) electrons. The minimum absolute atomic E-state index is 0.768. The molecule has 0 saturated heterocycles. The predicted molar refractivity (Wildman–Crippen MR) is 50.9 cm³/mol. The molecule has 10 heavy (non-hydrogen) atoms. The van der Waals surface area contributed by atoms with Gasteiger partial charge in [0.1, 0.15) is 0 Å². The van der Waals surface area contributed by atoms with Gasteiger partial charge in [0.15, 0.2) is 0 Å². The van der Waals surface area contributed by atoms with E-state index in [2.05, 4.69) is 15.9 Å². The van der Waals surface area contributed by atoms with Crippen molar-refractivity contribution in [3.8, 4) is 0 Å². The van der Waals surface area contributed by atoms with Gasteiger partial charge in [-0.1, -0.05) is 11.6 Å². The molecule has 0 spiro atoms. The average Bonchev–Trinajstić information content (AvgIpc) is 1.88. The summed E-state index contributed by atoms with van der Waals surface area (Å²) < 4.78 is 1.06. The van der Waals surface area contributed by atoms with E-state index in [0.29, 0.717) is 0 Å². The molecule has 0 atom stereocenters. The highest BCUT2D eigenvalue weighted by Gasteiger charge is 1.96. The van der Waals surface area contributed by atoms with Crippen LogP contribution in [0.3, 0.4) is 0 Å². The molecule has 0 aromatic heterocycles. The van der Waals surface area contributed by atoms with E-state index in [0.717, 1.165) is 9.50 Å². The first kappa shape index (κ1) is 8.44. The molecule has 0 bridgehead atoms. The van der Waals surface area contributed by atoms with Crippen molar-refractivity contribution in [2.45, 2.75) is 4.90 Å². The van der Waals surface area contributed by atoms with E-state index in [1.807, 2.05) is 24.5 Å². The lowest BCUT2D eigenvalue weighted by Gasteiger charge is -1.98. The van der Waals surface area contributed by atoms with Crippen LogP contribution >= 0.6 is 39.3 Å². The van der Waals surface area contributed by atoms with Crippen LogP contribution in [0, 0.1) is 0 Å². The number of benzene rings is 1. The van der Waals surface area contributed by atoms with Crippen LogP contribution in [-0.4, -0.2) is 6.26 Å². The van der Waals surface area contributed by atoms with Crippen molar-refractivity contribution < 1.29 is 0 Å². The van der Waals surface area contributed by atoms with Crippen molar-refractivity contribution >= 4 is 39.3 Å². The Bertz CT molecular complexity index is 237. The summed E-state index contributed by atoms with van der Waals surface area (Å²) in [5, 5.41) is 0.768. The van der Waals surface area contributed by atoms with Crippen molar-refractivity contribution in [1.29, 1.82) is 0 Å². The zero-order valence-electron chi connectivity index (χ0n) is 5.40. The van der Waals surface area contributed by atoms with Crippen LogP contribution in [0.15, 0.2) is 27.6 Å². The summed E-state index contributed by atoms with van der Waals surface area (Å²) in [7, 11) is 0. The summed E-state index contributed by atoms with van der Waals surface area (Å²) in [5.74, 6) is 0. The van der Waals surface area contributed by atoms with Gasteiger partial charge in [-0.25, -0.2) is 0 Å². The van der Waals surface area contributed by atoms with E-state index < -0.39 is 0 Å². The lowest BCUT2D eigenvalue weighted by Crippen LogP contribution is -1.71. The molecule has 0 aliphatic heterocycles. The molecular weight excluding hydrogens is 232 g/mol. The molecule has 0 aliphatic carbocycles. The van der Waals surface area contributed by atoms with E-state index >= 15 is 0 Å². The smallest absolute Gasteiger partial charge is 0.0418 e. The number of hydrogen-bond donors (Lipinski definition) is 0. The Hall–Kier alpha value is 0.340. The van der Waals surface area contributed by atoms with Crippen LogP contribution in [0.4, 0.5) is 0 Å². The maximum absolute atomic E-state index is 5.73. The fourth-order valence-corrected chi connectivity index (χ4v) is 2.27. The van der Waals surface area contributed by atoms with Gasteiger partial charge < -0.3 is 0 Å². The summed E-state index contributed by atoms with van der Waals surface area (Å²) in [6, 6.07) is 5.78. The first-order chi connectivity index (χ1) is 4.74. The van der Waals surface area contributed by atoms with E-state index in [9.17, 15) is 0 Å². The zero-order valence-corrected chi connectivity index (χ0v) is 8.55. The monoisotopic (exact) mass is 236 g/mol. The Morgan fingerprint density at radius 2 is 2.20 bits per heavy atom. The molecule has 0 saturated carbocycles. The zero-order chi connectivity index (χ0) is 7.56. The number of halogens is 2. The maximum Gasteiger partial charge on any atom is 0.0418 e. The third kappa shape index (κ3) is 1.91. The van der Waals surface area contributed by atoms with Gasteiger partial charge in [0.05, 0.1) is 0 Å². The Balaban J connectivity index is 3.07. The largest absolute Gasteiger partial charge is 0.128 e. The third-order valence-corrected chi connectivity index (χ3v) is 3.06. The third-order valence-electron chi connectivity index (χ3n) is 1.11. The Labute approximate surface area is 78.1 Å². The molecule has 0 nitrogen and oxygen atoms in total. The summed E-state index contributed by atoms with van der Waals surface area (Å²) in [6.07, 6.45) is 2.04. The van der Waals surface area contributed by atoms with Gasteiger partial charge in [0.25, 0.3) is 0 Å². The molecule has 0 unspecified atom stereocenters. The number of hydrogen-bond acceptors (Lipinski definition) is 1. The maximum atomic E-state index is 5.73. The SMILES string of the molecule is CSc1ccc(Cl)cc1Br. The average molecular weight is 238 g/mol. The normalized spacial score (nSPS) is 9.90. The molecule has 1 aromatic rings. The van der Waals surface area contributed by atoms with Gasteiger partial charge in [-0.05, 0) is 40.4 Å². The summed E-state index contributed by atoms with van der Waals surface area (Å²) in [5.41, 5.74) is 0. The molecular formula is C7H6BrClS. The van der Waals surface area contributed by atoms with Crippen molar-refractivity contribution in [2.75, 3.05) is 6.26 Å². The van der Waals surface area contributed by atoms with Crippen LogP contribution in [0.1, 0.15) is 0 Å². The molecule has 0 N–H and O–H groups in total. The first-order valence-electron chi connectivity index (χ1n) is 2.73. The standard InChI is InChI=1S/C7H6BrClS/c1-10-7-3-2-5(9)4-6(7)8/h2-4H,1H3. The highest BCUT2D eigenvalue weighted by Crippen LogP contribution is 2.27. The summed E-state index contributed by atoms with van der Waals surface area (Å²) >= 11 is 10.8. The molecule has 0 heterocycles. The molecule has 0 aliphatic rings. The van der Waals surface area contributed by atoms with Gasteiger partial charge in [0, 0.05) is 14.4 Å². The lowest BCUT2D eigenvalue weighted by atomic mass is 10.4. The van der Waals surface area contributed by atoms with E-state index in [-0.39, 0.29) is 0 Å². The van der Waals surface area contributed by atoms with E-state index in [4.69, 9.17) is 11.6 Å². The molecule has 0 fully saturated rings. The second kappa shape index (κ2) is 3.65. The molecule has 1 aromatic carbocycles. The van der Waals surface area contributed by atoms with Gasteiger partial charge in [-0.3, -0.25) is 0 Å². The van der Waals surface area contributed by atoms with Crippen molar-refractivity contribution in [2.24, 2.45) is 0 Å². The molecule has 1 rings (SSSR count). The molecule has 54 valence electrons. The van der Waals surface area contributed by atoms with Crippen molar-refractivity contribution in [3.63, 3.8) is 0 Å². The minimum Gasteiger partial charge on any atom is -0.128 e. The first-order valence-corrected chi connectivity index (χ1v) is 5.12. The van der Waals surface area contributed by atoms with E-state index in [1.165, 1.54) is 4.90 Å².